The predicted octanol–water partition coefficient (Wildman–Crippen LogP) is 2.28. The van der Waals surface area contributed by atoms with E-state index in [1.807, 2.05) is 0 Å². The molecule has 0 aliphatic carbocycles. The molecule has 1 fully saturated rings. The van der Waals surface area contributed by atoms with Crippen LogP contribution in [-0.4, -0.2) is 64.8 Å². The summed E-state index contributed by atoms with van der Waals surface area (Å²) in [6.45, 7) is 4.66. The van der Waals surface area contributed by atoms with Crippen molar-refractivity contribution in [3.05, 3.63) is 24.3 Å². The summed E-state index contributed by atoms with van der Waals surface area (Å²) < 4.78 is 33.7. The van der Waals surface area contributed by atoms with Crippen molar-refractivity contribution in [3.63, 3.8) is 0 Å². The number of benzene rings is 1. The van der Waals surface area contributed by atoms with Gasteiger partial charge in [-0.15, -0.1) is 10.2 Å². The highest BCUT2D eigenvalue weighted by Gasteiger charge is 2.26. The number of nitrogens with one attached hydrogen (secondary N) is 1. The Hall–Kier alpha value is -2.64. The third-order valence-corrected chi connectivity index (χ3v) is 8.24. The van der Waals surface area contributed by atoms with E-state index in [0.717, 1.165) is 37.4 Å². The first-order chi connectivity index (χ1) is 16.2. The SMILES string of the molecule is CCOC(=O)CSc1nnc(N)n1C(C)C(=O)Nc1ccc(S(=O)(=O)N2CCCCCC2)cc1. The maximum absolute atomic E-state index is 12.9. The Labute approximate surface area is 203 Å². The van der Waals surface area contributed by atoms with Gasteiger partial charge in [-0.1, -0.05) is 24.6 Å². The third kappa shape index (κ3) is 6.27. The van der Waals surface area contributed by atoms with Crippen LogP contribution in [0.4, 0.5) is 11.6 Å². The molecule has 2 aromatic rings. The molecule has 34 heavy (non-hydrogen) atoms. The van der Waals surface area contributed by atoms with E-state index in [0.29, 0.717) is 23.9 Å². The van der Waals surface area contributed by atoms with E-state index in [2.05, 4.69) is 15.5 Å². The minimum atomic E-state index is -3.57. The number of amides is 1. The fraction of sp³-hybridized carbons (Fsp3) is 0.524. The molecule has 1 aliphatic heterocycles. The highest BCUT2D eigenvalue weighted by molar-refractivity contribution is 7.99. The summed E-state index contributed by atoms with van der Waals surface area (Å²) in [6.07, 6.45) is 3.79. The van der Waals surface area contributed by atoms with Crippen LogP contribution in [0.25, 0.3) is 0 Å². The second-order valence-corrected chi connectivity index (χ2v) is 10.7. The van der Waals surface area contributed by atoms with Gasteiger partial charge in [-0.05, 0) is 51.0 Å². The number of anilines is 2. The molecule has 1 aliphatic rings. The number of hydrogen-bond acceptors (Lipinski definition) is 9. The molecule has 13 heteroatoms. The van der Waals surface area contributed by atoms with Gasteiger partial charge >= 0.3 is 5.97 Å². The van der Waals surface area contributed by atoms with E-state index >= 15 is 0 Å². The van der Waals surface area contributed by atoms with Gasteiger partial charge in [0.15, 0.2) is 5.16 Å². The van der Waals surface area contributed by atoms with Gasteiger partial charge in [0, 0.05) is 18.8 Å². The quantitative estimate of drug-likeness (QED) is 0.382. The number of ether oxygens (including phenoxy) is 1. The average molecular weight is 511 g/mol. The maximum atomic E-state index is 12.9. The smallest absolute Gasteiger partial charge is 0.316 e. The molecule has 1 aromatic heterocycles. The molecule has 1 aromatic carbocycles. The Morgan fingerprint density at radius 2 is 1.79 bits per heavy atom. The molecular formula is C21H30N6O5S2. The Bertz CT molecular complexity index is 1100. The Morgan fingerprint density at radius 1 is 1.15 bits per heavy atom. The molecular weight excluding hydrogens is 480 g/mol. The molecule has 1 unspecified atom stereocenters. The molecule has 11 nitrogen and oxygen atoms in total. The van der Waals surface area contributed by atoms with Crippen LogP contribution in [0.1, 0.15) is 45.6 Å². The number of nitrogen functional groups attached to an aromatic ring is 1. The van der Waals surface area contributed by atoms with Crippen molar-refractivity contribution in [3.8, 4) is 0 Å². The molecule has 0 radical (unpaired) electrons. The third-order valence-electron chi connectivity index (χ3n) is 5.41. The van der Waals surface area contributed by atoms with Crippen LogP contribution in [0.2, 0.25) is 0 Å². The van der Waals surface area contributed by atoms with Crippen LogP contribution in [0.3, 0.4) is 0 Å². The lowest BCUT2D eigenvalue weighted by Gasteiger charge is -2.20. The summed E-state index contributed by atoms with van der Waals surface area (Å²) in [5.41, 5.74) is 6.34. The van der Waals surface area contributed by atoms with Crippen molar-refractivity contribution in [2.45, 2.75) is 55.6 Å². The summed E-state index contributed by atoms with van der Waals surface area (Å²) in [5.74, 6) is -0.763. The monoisotopic (exact) mass is 510 g/mol. The van der Waals surface area contributed by atoms with Crippen molar-refractivity contribution in [1.82, 2.24) is 19.1 Å². The van der Waals surface area contributed by atoms with Crippen molar-refractivity contribution in [2.75, 3.05) is 36.5 Å². The lowest BCUT2D eigenvalue weighted by molar-refractivity contribution is -0.139. The summed E-state index contributed by atoms with van der Waals surface area (Å²) in [6, 6.07) is 5.32. The summed E-state index contributed by atoms with van der Waals surface area (Å²) in [7, 11) is -3.57. The minimum Gasteiger partial charge on any atom is -0.465 e. The lowest BCUT2D eigenvalue weighted by atomic mass is 10.2. The summed E-state index contributed by atoms with van der Waals surface area (Å²) >= 11 is 1.07. The molecule has 0 bridgehead atoms. The minimum absolute atomic E-state index is 0.00721. The molecule has 3 N–H and O–H groups in total. The molecule has 0 saturated carbocycles. The second kappa shape index (κ2) is 11.7. The first-order valence-electron chi connectivity index (χ1n) is 11.1. The van der Waals surface area contributed by atoms with Gasteiger partial charge in [-0.25, -0.2) is 8.42 Å². The van der Waals surface area contributed by atoms with Crippen LogP contribution >= 0.6 is 11.8 Å². The highest BCUT2D eigenvalue weighted by atomic mass is 32.2. The van der Waals surface area contributed by atoms with Gasteiger partial charge in [0.25, 0.3) is 0 Å². The Kier molecular flexibility index (Phi) is 8.91. The zero-order valence-corrected chi connectivity index (χ0v) is 20.9. The van der Waals surface area contributed by atoms with Crippen molar-refractivity contribution in [2.24, 2.45) is 0 Å². The summed E-state index contributed by atoms with van der Waals surface area (Å²) in [4.78, 5) is 24.7. The number of hydrogen-bond donors (Lipinski definition) is 2. The highest BCUT2D eigenvalue weighted by Crippen LogP contribution is 2.25. The fourth-order valence-electron chi connectivity index (χ4n) is 3.58. The van der Waals surface area contributed by atoms with Crippen LogP contribution in [0.5, 0.6) is 0 Å². The standard InChI is InChI=1S/C21H30N6O5S2/c1-3-32-18(28)14-33-21-25-24-20(22)27(21)15(2)19(29)23-16-8-10-17(11-9-16)34(30,31)26-12-6-4-5-7-13-26/h8-11,15H,3-7,12-14H2,1-2H3,(H2,22,24)(H,23,29). The topological polar surface area (TPSA) is 150 Å². The molecule has 186 valence electrons. The molecule has 0 spiro atoms. The molecule has 1 amide bonds. The number of carbonyl (C=O) groups excluding carboxylic acids is 2. The van der Waals surface area contributed by atoms with E-state index in [1.54, 1.807) is 26.0 Å². The van der Waals surface area contributed by atoms with Gasteiger partial charge in [-0.3, -0.25) is 14.2 Å². The van der Waals surface area contributed by atoms with Crippen molar-refractivity contribution < 1.29 is 22.7 Å². The number of thioether (sulfide) groups is 1. The molecule has 3 rings (SSSR count). The van der Waals surface area contributed by atoms with Crippen LogP contribution < -0.4 is 11.1 Å². The maximum Gasteiger partial charge on any atom is 0.316 e. The molecule has 1 saturated heterocycles. The number of rotatable bonds is 9. The lowest BCUT2D eigenvalue weighted by Crippen LogP contribution is -2.31. The van der Waals surface area contributed by atoms with Gasteiger partial charge in [0.1, 0.15) is 6.04 Å². The normalized spacial score (nSPS) is 15.9. The Balaban J connectivity index is 1.67. The first kappa shape index (κ1) is 26.0. The molecule has 1 atom stereocenters. The number of nitrogens with two attached hydrogens (primary N) is 1. The van der Waals surface area contributed by atoms with E-state index < -0.39 is 27.9 Å². The van der Waals surface area contributed by atoms with Gasteiger partial charge in [0.05, 0.1) is 17.3 Å². The first-order valence-corrected chi connectivity index (χ1v) is 13.6. The predicted molar refractivity (Wildman–Crippen MR) is 129 cm³/mol. The van der Waals surface area contributed by atoms with E-state index in [4.69, 9.17) is 10.5 Å². The zero-order chi connectivity index (χ0) is 24.7. The van der Waals surface area contributed by atoms with Crippen LogP contribution in [0.15, 0.2) is 34.3 Å². The van der Waals surface area contributed by atoms with E-state index in [1.165, 1.54) is 21.0 Å². The van der Waals surface area contributed by atoms with Gasteiger partial charge in [-0.2, -0.15) is 4.31 Å². The number of esters is 1. The zero-order valence-electron chi connectivity index (χ0n) is 19.3. The van der Waals surface area contributed by atoms with E-state index in [-0.39, 0.29) is 23.2 Å². The molecule has 2 heterocycles. The van der Waals surface area contributed by atoms with Crippen LogP contribution in [0, 0.1) is 0 Å². The average Bonchev–Trinajstić information content (AvgIpc) is 3.00. The van der Waals surface area contributed by atoms with Crippen molar-refractivity contribution in [1.29, 1.82) is 0 Å². The van der Waals surface area contributed by atoms with E-state index in [9.17, 15) is 18.0 Å². The number of aromatic nitrogens is 3. The van der Waals surface area contributed by atoms with Gasteiger partial charge in [0.2, 0.25) is 21.9 Å². The fourth-order valence-corrected chi connectivity index (χ4v) is 5.92. The second-order valence-electron chi connectivity index (χ2n) is 7.81. The number of nitrogens with zero attached hydrogens (tertiary/aromatic N) is 4. The van der Waals surface area contributed by atoms with Gasteiger partial charge < -0.3 is 15.8 Å². The largest absolute Gasteiger partial charge is 0.465 e. The van der Waals surface area contributed by atoms with Crippen molar-refractivity contribution >= 4 is 45.3 Å². The van der Waals surface area contributed by atoms with Crippen LogP contribution in [-0.2, 0) is 24.3 Å². The number of carbonyl (C=O) groups is 2. The Morgan fingerprint density at radius 3 is 2.41 bits per heavy atom. The summed E-state index contributed by atoms with van der Waals surface area (Å²) in [5, 5.41) is 10.8. The number of sulfonamides is 1.